The fourth-order valence-corrected chi connectivity index (χ4v) is 2.99. The summed E-state index contributed by atoms with van der Waals surface area (Å²) in [7, 11) is 1.78. The van der Waals surface area contributed by atoms with Crippen molar-refractivity contribution < 1.29 is 9.21 Å². The van der Waals surface area contributed by atoms with E-state index in [1.54, 1.807) is 30.3 Å². The Morgan fingerprint density at radius 2 is 2.08 bits per heavy atom. The Morgan fingerprint density at radius 1 is 1.31 bits per heavy atom. The van der Waals surface area contributed by atoms with Crippen LogP contribution in [-0.2, 0) is 11.2 Å². The molecule has 0 fully saturated rings. The molecule has 0 aliphatic heterocycles. The molecule has 1 aromatic carbocycles. The number of aromatic nitrogens is 1. The van der Waals surface area contributed by atoms with Gasteiger partial charge < -0.3 is 15.1 Å². The summed E-state index contributed by atoms with van der Waals surface area (Å²) in [4.78, 5) is 18.3. The lowest BCUT2D eigenvalue weighted by atomic mass is 10.0. The van der Waals surface area contributed by atoms with E-state index in [2.05, 4.69) is 18.0 Å². The van der Waals surface area contributed by atoms with Crippen molar-refractivity contribution in [2.75, 3.05) is 12.8 Å². The Kier molecular flexibility index (Phi) is 5.07. The molecule has 0 saturated carbocycles. The van der Waals surface area contributed by atoms with Gasteiger partial charge in [0.25, 0.3) is 0 Å². The van der Waals surface area contributed by atoms with Gasteiger partial charge in [0.2, 0.25) is 5.91 Å². The molecule has 3 aromatic rings. The molecule has 1 unspecified atom stereocenters. The van der Waals surface area contributed by atoms with Crippen LogP contribution in [0.1, 0.15) is 36.8 Å². The Morgan fingerprint density at radius 3 is 2.77 bits per heavy atom. The van der Waals surface area contributed by atoms with Crippen LogP contribution in [0.15, 0.2) is 53.1 Å². The highest BCUT2D eigenvalue weighted by molar-refractivity contribution is 5.92. The monoisotopic (exact) mass is 349 g/mol. The summed E-state index contributed by atoms with van der Waals surface area (Å²) in [5.41, 5.74) is 8.41. The second-order valence-electron chi connectivity index (χ2n) is 6.27. The molecular formula is C21H23N3O2. The lowest BCUT2D eigenvalue weighted by molar-refractivity contribution is -0.126. The molecule has 2 heterocycles. The number of fused-ring (bicyclic) bond motifs is 1. The van der Waals surface area contributed by atoms with Gasteiger partial charge in [0, 0.05) is 30.3 Å². The van der Waals surface area contributed by atoms with Crippen LogP contribution in [-0.4, -0.2) is 22.8 Å². The normalized spacial score (nSPS) is 12.6. The summed E-state index contributed by atoms with van der Waals surface area (Å²) < 4.78 is 6.06. The maximum atomic E-state index is 12.6. The van der Waals surface area contributed by atoms with Gasteiger partial charge in [-0.2, -0.15) is 0 Å². The molecule has 1 amide bonds. The summed E-state index contributed by atoms with van der Waals surface area (Å²) in [5, 5.41) is 1.11. The van der Waals surface area contributed by atoms with E-state index in [0.717, 1.165) is 34.3 Å². The number of carbonyl (C=O) groups is 1. The molecule has 0 saturated heterocycles. The first-order chi connectivity index (χ1) is 12.5. The van der Waals surface area contributed by atoms with Crippen LogP contribution in [0.4, 0.5) is 5.82 Å². The summed E-state index contributed by atoms with van der Waals surface area (Å²) in [6.07, 6.45) is 5.76. The minimum absolute atomic E-state index is 0.100. The third-order valence-electron chi connectivity index (χ3n) is 4.62. The van der Waals surface area contributed by atoms with E-state index in [0.29, 0.717) is 5.82 Å². The van der Waals surface area contributed by atoms with Crippen molar-refractivity contribution in [1.29, 1.82) is 0 Å². The molecule has 0 spiro atoms. The van der Waals surface area contributed by atoms with Crippen LogP contribution < -0.4 is 5.73 Å². The summed E-state index contributed by atoms with van der Waals surface area (Å²) in [6, 6.07) is 11.3. The quantitative estimate of drug-likeness (QED) is 0.701. The Labute approximate surface area is 153 Å². The molecule has 5 heteroatoms. The highest BCUT2D eigenvalue weighted by atomic mass is 16.3. The first kappa shape index (κ1) is 17.7. The number of likely N-dealkylation sites (N-methyl/N-ethyl adjacent to an activating group) is 1. The summed E-state index contributed by atoms with van der Waals surface area (Å²) in [6.45, 7) is 4.08. The zero-order chi connectivity index (χ0) is 18.7. The number of para-hydroxylation sites is 1. The maximum Gasteiger partial charge on any atom is 0.246 e. The van der Waals surface area contributed by atoms with Crippen molar-refractivity contribution in [1.82, 2.24) is 9.88 Å². The number of amides is 1. The third kappa shape index (κ3) is 3.47. The van der Waals surface area contributed by atoms with Crippen molar-refractivity contribution >= 4 is 28.8 Å². The highest BCUT2D eigenvalue weighted by Gasteiger charge is 2.23. The van der Waals surface area contributed by atoms with Gasteiger partial charge in [-0.1, -0.05) is 25.1 Å². The second kappa shape index (κ2) is 7.44. The van der Waals surface area contributed by atoms with Crippen molar-refractivity contribution in [2.24, 2.45) is 0 Å². The van der Waals surface area contributed by atoms with Gasteiger partial charge in [0.15, 0.2) is 0 Å². The van der Waals surface area contributed by atoms with E-state index in [9.17, 15) is 4.79 Å². The van der Waals surface area contributed by atoms with E-state index in [4.69, 9.17) is 10.2 Å². The fraction of sp³-hybridized carbons (Fsp3) is 0.238. The number of nitrogens with zero attached hydrogens (tertiary/aromatic N) is 2. The van der Waals surface area contributed by atoms with Gasteiger partial charge in [-0.25, -0.2) is 4.98 Å². The van der Waals surface area contributed by atoms with Gasteiger partial charge in [-0.05, 0) is 43.2 Å². The smallest absolute Gasteiger partial charge is 0.246 e. The average Bonchev–Trinajstić information content (AvgIpc) is 3.04. The molecule has 2 N–H and O–H groups in total. The zero-order valence-corrected chi connectivity index (χ0v) is 15.3. The molecule has 0 aliphatic carbocycles. The van der Waals surface area contributed by atoms with E-state index in [1.165, 1.54) is 6.08 Å². The maximum absolute atomic E-state index is 12.6. The number of hydrogen-bond acceptors (Lipinski definition) is 4. The number of benzene rings is 1. The van der Waals surface area contributed by atoms with Gasteiger partial charge in [-0.15, -0.1) is 0 Å². The third-order valence-corrected chi connectivity index (χ3v) is 4.62. The lowest BCUT2D eigenvalue weighted by Crippen LogP contribution is -2.28. The topological polar surface area (TPSA) is 72.4 Å². The Hall–Kier alpha value is -3.08. The van der Waals surface area contributed by atoms with Gasteiger partial charge >= 0.3 is 0 Å². The van der Waals surface area contributed by atoms with Crippen LogP contribution >= 0.6 is 0 Å². The minimum atomic E-state index is -0.168. The largest absolute Gasteiger partial charge is 0.459 e. The standard InChI is InChI=1S/C21H23N3O2/c1-4-16-17-7-5-6-8-18(17)26-21(16)14(2)24(3)20(25)12-10-15-9-11-19(22)23-13-15/h5-14H,4H2,1-3H3,(H2,22,23)/b12-10+. The van der Waals surface area contributed by atoms with Gasteiger partial charge in [0.1, 0.15) is 17.2 Å². The predicted molar refractivity (Wildman–Crippen MR) is 104 cm³/mol. The number of aryl methyl sites for hydroxylation is 1. The van der Waals surface area contributed by atoms with Crippen molar-refractivity contribution in [3.8, 4) is 0 Å². The molecule has 0 bridgehead atoms. The second-order valence-corrected chi connectivity index (χ2v) is 6.27. The van der Waals surface area contributed by atoms with Crippen LogP contribution in [0.25, 0.3) is 17.0 Å². The number of anilines is 1. The van der Waals surface area contributed by atoms with E-state index < -0.39 is 0 Å². The molecule has 134 valence electrons. The number of carbonyl (C=O) groups excluding carboxylic acids is 1. The lowest BCUT2D eigenvalue weighted by Gasteiger charge is -2.23. The van der Waals surface area contributed by atoms with Crippen molar-refractivity contribution in [3.05, 3.63) is 65.6 Å². The number of nitrogens with two attached hydrogens (primary N) is 1. The van der Waals surface area contributed by atoms with Crippen LogP contribution in [0.2, 0.25) is 0 Å². The van der Waals surface area contributed by atoms with E-state index in [1.807, 2.05) is 31.2 Å². The first-order valence-corrected chi connectivity index (χ1v) is 8.68. The van der Waals surface area contributed by atoms with Crippen LogP contribution in [0.3, 0.4) is 0 Å². The highest BCUT2D eigenvalue weighted by Crippen LogP contribution is 2.32. The van der Waals surface area contributed by atoms with E-state index >= 15 is 0 Å². The average molecular weight is 349 g/mol. The molecule has 5 nitrogen and oxygen atoms in total. The van der Waals surface area contributed by atoms with Crippen LogP contribution in [0, 0.1) is 0 Å². The number of pyridine rings is 1. The predicted octanol–water partition coefficient (Wildman–Crippen LogP) is 4.21. The molecule has 2 aromatic heterocycles. The molecule has 26 heavy (non-hydrogen) atoms. The van der Waals surface area contributed by atoms with Crippen molar-refractivity contribution in [3.63, 3.8) is 0 Å². The number of furan rings is 1. The molecule has 3 rings (SSSR count). The van der Waals surface area contributed by atoms with Crippen molar-refractivity contribution in [2.45, 2.75) is 26.3 Å². The first-order valence-electron chi connectivity index (χ1n) is 8.68. The van der Waals surface area contributed by atoms with Gasteiger partial charge in [0.05, 0.1) is 6.04 Å². The SMILES string of the molecule is CCc1c(C(C)N(C)C(=O)/C=C/c2ccc(N)nc2)oc2ccccc12. The van der Waals surface area contributed by atoms with Crippen LogP contribution in [0.5, 0.6) is 0 Å². The molecule has 1 atom stereocenters. The van der Waals surface area contributed by atoms with E-state index in [-0.39, 0.29) is 11.9 Å². The molecule has 0 radical (unpaired) electrons. The Bertz CT molecular complexity index is 942. The Balaban J connectivity index is 1.81. The minimum Gasteiger partial charge on any atom is -0.459 e. The zero-order valence-electron chi connectivity index (χ0n) is 15.3. The summed E-state index contributed by atoms with van der Waals surface area (Å²) >= 11 is 0. The number of hydrogen-bond donors (Lipinski definition) is 1. The molecule has 0 aliphatic rings. The van der Waals surface area contributed by atoms with Gasteiger partial charge in [-0.3, -0.25) is 4.79 Å². The number of rotatable bonds is 5. The fourth-order valence-electron chi connectivity index (χ4n) is 2.99. The number of nitrogen functional groups attached to an aromatic ring is 1. The summed E-state index contributed by atoms with van der Waals surface area (Å²) in [5.74, 6) is 1.19. The molecular weight excluding hydrogens is 326 g/mol.